The van der Waals surface area contributed by atoms with Crippen LogP contribution < -0.4 is 20.4 Å². The van der Waals surface area contributed by atoms with Crippen molar-refractivity contribution in [3.05, 3.63) is 10.1 Å². The minimum absolute atomic E-state index is 0. The SMILES string of the molecule is Cl.O=[N+]([O-])c1c(NC2CCCCC2)nc(N2CCNCC2)nc1N1CC[S+]([O-])CC1. The summed E-state index contributed by atoms with van der Waals surface area (Å²) in [6.45, 7) is 4.23. The summed E-state index contributed by atoms with van der Waals surface area (Å²) in [4.78, 5) is 25.0. The van der Waals surface area contributed by atoms with Crippen LogP contribution in [0.1, 0.15) is 32.1 Å². The molecule has 0 amide bonds. The highest BCUT2D eigenvalue weighted by molar-refractivity contribution is 7.91. The van der Waals surface area contributed by atoms with Gasteiger partial charge in [-0.2, -0.15) is 9.97 Å². The summed E-state index contributed by atoms with van der Waals surface area (Å²) >= 11 is -0.862. The second-order valence-corrected chi connectivity index (χ2v) is 9.55. The quantitative estimate of drug-likeness (QED) is 0.383. The summed E-state index contributed by atoms with van der Waals surface area (Å²) < 4.78 is 11.8. The molecular formula is C18H30ClN7O3S. The Hall–Kier alpha value is -1.56. The molecule has 0 aromatic carbocycles. The molecule has 3 fully saturated rings. The van der Waals surface area contributed by atoms with Crippen molar-refractivity contribution in [2.75, 3.05) is 65.9 Å². The van der Waals surface area contributed by atoms with E-state index in [9.17, 15) is 14.7 Å². The molecule has 1 aromatic heterocycles. The van der Waals surface area contributed by atoms with Crippen molar-refractivity contribution < 1.29 is 9.48 Å². The van der Waals surface area contributed by atoms with Gasteiger partial charge in [0.25, 0.3) is 0 Å². The Kier molecular flexibility index (Phi) is 8.20. The van der Waals surface area contributed by atoms with Crippen LogP contribution in [0.3, 0.4) is 0 Å². The lowest BCUT2D eigenvalue weighted by Gasteiger charge is -2.32. The minimum atomic E-state index is -0.862. The number of hydrogen-bond acceptors (Lipinski definition) is 9. The van der Waals surface area contributed by atoms with Crippen molar-refractivity contribution in [3.8, 4) is 0 Å². The smallest absolute Gasteiger partial charge is 0.353 e. The Morgan fingerprint density at radius 1 is 1.03 bits per heavy atom. The highest BCUT2D eigenvalue weighted by Crippen LogP contribution is 2.37. The van der Waals surface area contributed by atoms with Crippen LogP contribution in [0.2, 0.25) is 0 Å². The van der Waals surface area contributed by atoms with Gasteiger partial charge in [0, 0.05) is 32.2 Å². The largest absolute Gasteiger partial charge is 0.616 e. The molecule has 0 radical (unpaired) electrons. The lowest BCUT2D eigenvalue weighted by Crippen LogP contribution is -2.45. The molecule has 3 aliphatic rings. The molecule has 2 N–H and O–H groups in total. The van der Waals surface area contributed by atoms with Crippen molar-refractivity contribution >= 4 is 46.9 Å². The molecular weight excluding hydrogens is 430 g/mol. The van der Waals surface area contributed by atoms with Crippen molar-refractivity contribution in [1.29, 1.82) is 0 Å². The van der Waals surface area contributed by atoms with Gasteiger partial charge in [-0.15, -0.1) is 12.4 Å². The number of anilines is 3. The average Bonchev–Trinajstić information content (AvgIpc) is 2.75. The number of hydrogen-bond donors (Lipinski definition) is 2. The van der Waals surface area contributed by atoms with E-state index in [2.05, 4.69) is 25.5 Å². The van der Waals surface area contributed by atoms with Crippen LogP contribution in [0, 0.1) is 10.1 Å². The normalized spacial score (nSPS) is 21.2. The van der Waals surface area contributed by atoms with Gasteiger partial charge in [-0.25, -0.2) is 0 Å². The molecule has 1 aliphatic carbocycles. The van der Waals surface area contributed by atoms with Gasteiger partial charge in [-0.1, -0.05) is 30.4 Å². The van der Waals surface area contributed by atoms with Crippen molar-refractivity contribution in [2.45, 2.75) is 38.1 Å². The number of piperazine rings is 1. The molecule has 1 saturated carbocycles. The van der Waals surface area contributed by atoms with E-state index in [0.717, 1.165) is 51.9 Å². The monoisotopic (exact) mass is 459 g/mol. The molecule has 3 heterocycles. The van der Waals surface area contributed by atoms with Crippen molar-refractivity contribution in [3.63, 3.8) is 0 Å². The molecule has 1 aromatic rings. The second kappa shape index (κ2) is 10.7. The second-order valence-electron chi connectivity index (χ2n) is 7.85. The van der Waals surface area contributed by atoms with Crippen LogP contribution in [-0.2, 0) is 11.2 Å². The molecule has 168 valence electrons. The van der Waals surface area contributed by atoms with E-state index in [1.165, 1.54) is 6.42 Å². The molecule has 2 saturated heterocycles. The standard InChI is InChI=1S/C18H29N7O3S.ClH/c26-25(27)15-16(20-14-4-2-1-3-5-14)21-18(24-8-6-19-7-9-24)22-17(15)23-10-12-29(28)13-11-23;/h14,19H,1-13H2,(H,20,21,22);1H. The fourth-order valence-corrected chi connectivity index (χ4v) is 5.27. The summed E-state index contributed by atoms with van der Waals surface area (Å²) in [5.74, 6) is 2.24. The van der Waals surface area contributed by atoms with Crippen LogP contribution in [-0.4, -0.2) is 76.3 Å². The van der Waals surface area contributed by atoms with Gasteiger partial charge >= 0.3 is 5.69 Å². The van der Waals surface area contributed by atoms with E-state index in [-0.39, 0.29) is 29.1 Å². The van der Waals surface area contributed by atoms with E-state index in [1.54, 1.807) is 0 Å². The van der Waals surface area contributed by atoms with Crippen LogP contribution >= 0.6 is 12.4 Å². The third-order valence-corrected chi connectivity index (χ3v) is 7.14. The Morgan fingerprint density at radius 2 is 1.70 bits per heavy atom. The summed E-state index contributed by atoms with van der Waals surface area (Å²) in [5.41, 5.74) is -0.0536. The van der Waals surface area contributed by atoms with Gasteiger partial charge in [0.2, 0.25) is 17.6 Å². The zero-order valence-corrected chi connectivity index (χ0v) is 18.7. The molecule has 4 rings (SSSR count). The van der Waals surface area contributed by atoms with Crippen LogP contribution in [0.15, 0.2) is 0 Å². The maximum Gasteiger partial charge on any atom is 0.353 e. The Morgan fingerprint density at radius 3 is 2.33 bits per heavy atom. The first-order valence-electron chi connectivity index (χ1n) is 10.5. The zero-order chi connectivity index (χ0) is 20.2. The predicted octanol–water partition coefficient (Wildman–Crippen LogP) is 1.53. The van der Waals surface area contributed by atoms with Gasteiger partial charge in [0.15, 0.2) is 0 Å². The van der Waals surface area contributed by atoms with Crippen molar-refractivity contribution in [1.82, 2.24) is 15.3 Å². The summed E-state index contributed by atoms with van der Waals surface area (Å²) in [7, 11) is 0. The van der Waals surface area contributed by atoms with Gasteiger partial charge < -0.3 is 25.0 Å². The number of nitrogens with zero attached hydrogens (tertiary/aromatic N) is 5. The third kappa shape index (κ3) is 5.37. The average molecular weight is 460 g/mol. The van der Waals surface area contributed by atoms with E-state index in [0.29, 0.717) is 42.2 Å². The number of nitro groups is 1. The van der Waals surface area contributed by atoms with E-state index in [4.69, 9.17) is 0 Å². The van der Waals surface area contributed by atoms with Gasteiger partial charge in [-0.05, 0) is 12.8 Å². The first-order valence-corrected chi connectivity index (χ1v) is 12.0. The maximum atomic E-state index is 12.1. The Labute approximate surface area is 185 Å². The van der Waals surface area contributed by atoms with Crippen LogP contribution in [0.5, 0.6) is 0 Å². The summed E-state index contributed by atoms with van der Waals surface area (Å²) in [6.07, 6.45) is 5.48. The van der Waals surface area contributed by atoms with E-state index < -0.39 is 11.2 Å². The third-order valence-electron chi connectivity index (χ3n) is 5.86. The van der Waals surface area contributed by atoms with E-state index >= 15 is 0 Å². The predicted molar refractivity (Wildman–Crippen MR) is 122 cm³/mol. The van der Waals surface area contributed by atoms with Gasteiger partial charge in [-0.3, -0.25) is 10.1 Å². The number of halogens is 1. The number of rotatable bonds is 5. The van der Waals surface area contributed by atoms with Crippen molar-refractivity contribution in [2.24, 2.45) is 0 Å². The lowest BCUT2D eigenvalue weighted by molar-refractivity contribution is -0.383. The van der Waals surface area contributed by atoms with E-state index in [1.807, 2.05) is 4.90 Å². The number of nitrogens with one attached hydrogen (secondary N) is 2. The van der Waals surface area contributed by atoms with Gasteiger partial charge in [0.05, 0.1) is 18.0 Å². The first kappa shape index (κ1) is 23.1. The molecule has 30 heavy (non-hydrogen) atoms. The fraction of sp³-hybridized carbons (Fsp3) is 0.778. The zero-order valence-electron chi connectivity index (χ0n) is 17.0. The molecule has 0 spiro atoms. The number of aromatic nitrogens is 2. The Bertz CT molecular complexity index is 724. The highest BCUT2D eigenvalue weighted by Gasteiger charge is 2.33. The Balaban J connectivity index is 0.00000256. The van der Waals surface area contributed by atoms with Crippen LogP contribution in [0.25, 0.3) is 0 Å². The summed E-state index contributed by atoms with van der Waals surface area (Å²) in [5, 5.41) is 18.7. The van der Waals surface area contributed by atoms with Gasteiger partial charge in [0.1, 0.15) is 11.5 Å². The summed E-state index contributed by atoms with van der Waals surface area (Å²) in [6, 6.07) is 0.204. The molecule has 0 unspecified atom stereocenters. The topological polar surface area (TPSA) is 123 Å². The minimum Gasteiger partial charge on any atom is -0.616 e. The maximum absolute atomic E-state index is 12.1. The first-order chi connectivity index (χ1) is 14.1. The molecule has 2 aliphatic heterocycles. The molecule has 0 bridgehead atoms. The molecule has 0 atom stereocenters. The highest BCUT2D eigenvalue weighted by atomic mass is 35.5. The molecule has 10 nitrogen and oxygen atoms in total. The van der Waals surface area contributed by atoms with Crippen LogP contribution in [0.4, 0.5) is 23.3 Å². The lowest BCUT2D eigenvalue weighted by atomic mass is 9.95. The fourth-order valence-electron chi connectivity index (χ4n) is 4.22. The molecule has 12 heteroatoms.